The molecule has 8 nitrogen and oxygen atoms in total. The maximum absolute atomic E-state index is 13.5. The molecule has 0 saturated carbocycles. The third kappa shape index (κ3) is 8.50. The topological polar surface area (TPSA) is 113 Å². The Morgan fingerprint density at radius 3 is 1.89 bits per heavy atom. The maximum atomic E-state index is 13.5. The molecule has 1 amide bonds. The second-order valence-electron chi connectivity index (χ2n) is 12.3. The average Bonchev–Trinajstić information content (AvgIpc) is 2.68. The lowest BCUT2D eigenvalue weighted by Crippen LogP contribution is -2.70. The zero-order valence-corrected chi connectivity index (χ0v) is 23.4. The predicted octanol–water partition coefficient (Wildman–Crippen LogP) is 5.98. The van der Waals surface area contributed by atoms with Crippen LogP contribution in [0.15, 0.2) is 30.3 Å². The molecule has 0 aliphatic heterocycles. The van der Waals surface area contributed by atoms with Gasteiger partial charge in [-0.1, -0.05) is 51.1 Å². The van der Waals surface area contributed by atoms with Crippen molar-refractivity contribution in [3.63, 3.8) is 0 Å². The van der Waals surface area contributed by atoms with E-state index in [0.29, 0.717) is 19.6 Å². The zero-order valence-electron chi connectivity index (χ0n) is 23.4. The van der Waals surface area contributed by atoms with Gasteiger partial charge >= 0.3 is 18.0 Å². The first-order valence-corrected chi connectivity index (χ1v) is 12.4. The first-order valence-electron chi connectivity index (χ1n) is 12.4. The van der Waals surface area contributed by atoms with Gasteiger partial charge in [-0.25, -0.2) is 9.59 Å². The molecule has 0 saturated heterocycles. The molecule has 1 aromatic rings. The third-order valence-electron chi connectivity index (χ3n) is 6.07. The van der Waals surface area contributed by atoms with Crippen LogP contribution in [0.5, 0.6) is 0 Å². The highest BCUT2D eigenvalue weighted by atomic mass is 16.6. The lowest BCUT2D eigenvalue weighted by Gasteiger charge is -2.54. The van der Waals surface area contributed by atoms with Gasteiger partial charge in [0.25, 0.3) is 0 Å². The number of hydrogen-bond donors (Lipinski definition) is 2. The van der Waals surface area contributed by atoms with Crippen molar-refractivity contribution in [3.05, 3.63) is 35.9 Å². The summed E-state index contributed by atoms with van der Waals surface area (Å²) >= 11 is 0. The van der Waals surface area contributed by atoms with Crippen LogP contribution in [0.4, 0.5) is 4.79 Å². The number of carbonyl (C=O) groups is 3. The van der Waals surface area contributed by atoms with Crippen LogP contribution in [-0.4, -0.2) is 56.4 Å². The summed E-state index contributed by atoms with van der Waals surface area (Å²) in [5.41, 5.74) is -3.66. The minimum Gasteiger partial charge on any atom is -0.481 e. The number of carboxylic acid groups (broad SMARTS) is 2. The molecule has 2 N–H and O–H groups in total. The number of hydrogen-bond acceptors (Lipinski definition) is 5. The SMILES string of the molecule is CC(C)(C)OC(=O)N(C(C)(C)C)[C@](C[C@@H](CCCOCc1ccccc1)C(=O)O)(C(=O)O)C(C)(C)C. The Morgan fingerprint density at radius 2 is 1.47 bits per heavy atom. The molecule has 0 spiro atoms. The molecule has 8 heteroatoms. The van der Waals surface area contributed by atoms with Crippen molar-refractivity contribution in [3.8, 4) is 0 Å². The van der Waals surface area contributed by atoms with Crippen molar-refractivity contribution in [2.24, 2.45) is 11.3 Å². The summed E-state index contributed by atoms with van der Waals surface area (Å²) in [6.07, 6.45) is -0.411. The Kier molecular flexibility index (Phi) is 10.5. The number of carboxylic acids is 2. The van der Waals surface area contributed by atoms with E-state index in [9.17, 15) is 24.6 Å². The molecule has 0 aliphatic rings. The van der Waals surface area contributed by atoms with E-state index < -0.39 is 46.0 Å². The molecule has 2 atom stereocenters. The first kappa shape index (κ1) is 31.4. The molecule has 1 rings (SSSR count). The standard InChI is InChI=1S/C28H45NO7/c1-25(2,3)28(23(32)33,29(26(4,5)6)24(34)36-27(7,8)9)18-21(22(30)31)16-13-17-35-19-20-14-11-10-12-15-20/h10-12,14-15,21H,13,16-19H2,1-9H3,(H,30,31)(H,32,33)/t21-,28-/m1/s1. The van der Waals surface area contributed by atoms with E-state index in [-0.39, 0.29) is 12.8 Å². The lowest BCUT2D eigenvalue weighted by molar-refractivity contribution is -0.170. The fourth-order valence-electron chi connectivity index (χ4n) is 4.41. The number of amides is 1. The fraction of sp³-hybridized carbons (Fsp3) is 0.679. The van der Waals surface area contributed by atoms with E-state index in [1.165, 1.54) is 4.90 Å². The van der Waals surface area contributed by atoms with Crippen LogP contribution in [0.1, 0.15) is 87.1 Å². The molecule has 204 valence electrons. The average molecular weight is 508 g/mol. The van der Waals surface area contributed by atoms with Gasteiger partial charge in [-0.3, -0.25) is 9.69 Å². The first-order chi connectivity index (χ1) is 16.3. The summed E-state index contributed by atoms with van der Waals surface area (Å²) in [5, 5.41) is 20.7. The van der Waals surface area contributed by atoms with Crippen LogP contribution in [0.3, 0.4) is 0 Å². The maximum Gasteiger partial charge on any atom is 0.411 e. The number of aliphatic carboxylic acids is 2. The fourth-order valence-corrected chi connectivity index (χ4v) is 4.41. The van der Waals surface area contributed by atoms with Crippen LogP contribution in [0, 0.1) is 11.3 Å². The highest BCUT2D eigenvalue weighted by Crippen LogP contribution is 2.46. The normalized spacial score (nSPS) is 15.0. The Morgan fingerprint density at radius 1 is 0.917 bits per heavy atom. The number of benzene rings is 1. The van der Waals surface area contributed by atoms with Gasteiger partial charge in [0.05, 0.1) is 12.5 Å². The molecule has 0 aliphatic carbocycles. The highest BCUT2D eigenvalue weighted by Gasteiger charge is 2.60. The molecule has 1 aromatic carbocycles. The molecule has 0 aromatic heterocycles. The van der Waals surface area contributed by atoms with Gasteiger partial charge in [0.2, 0.25) is 0 Å². The Hall–Kier alpha value is -2.61. The van der Waals surface area contributed by atoms with Crippen LogP contribution in [-0.2, 0) is 25.7 Å². The summed E-state index contributed by atoms with van der Waals surface area (Å²) < 4.78 is 11.3. The molecular weight excluding hydrogens is 462 g/mol. The lowest BCUT2D eigenvalue weighted by atomic mass is 9.66. The van der Waals surface area contributed by atoms with Crippen LogP contribution in [0.2, 0.25) is 0 Å². The van der Waals surface area contributed by atoms with Gasteiger partial charge in [-0.2, -0.15) is 0 Å². The van der Waals surface area contributed by atoms with Crippen LogP contribution in [0.25, 0.3) is 0 Å². The zero-order chi connectivity index (χ0) is 27.9. The molecule has 0 heterocycles. The van der Waals surface area contributed by atoms with E-state index in [1.54, 1.807) is 62.3 Å². The number of nitrogens with zero attached hydrogens (tertiary/aromatic N) is 1. The highest BCUT2D eigenvalue weighted by molar-refractivity contribution is 5.87. The van der Waals surface area contributed by atoms with Gasteiger partial charge in [0.1, 0.15) is 11.1 Å². The van der Waals surface area contributed by atoms with E-state index in [2.05, 4.69) is 0 Å². The monoisotopic (exact) mass is 507 g/mol. The van der Waals surface area contributed by atoms with Gasteiger partial charge in [-0.15, -0.1) is 0 Å². The second kappa shape index (κ2) is 12.1. The van der Waals surface area contributed by atoms with Gasteiger partial charge in [0, 0.05) is 12.1 Å². The summed E-state index contributed by atoms with van der Waals surface area (Å²) in [7, 11) is 0. The minimum atomic E-state index is -1.85. The number of carbonyl (C=O) groups excluding carboxylic acids is 1. The summed E-state index contributed by atoms with van der Waals surface area (Å²) in [5.74, 6) is -3.37. The minimum absolute atomic E-state index is 0.210. The smallest absolute Gasteiger partial charge is 0.411 e. The van der Waals surface area contributed by atoms with Crippen molar-refractivity contribution < 1.29 is 34.1 Å². The Balaban J connectivity index is 3.27. The van der Waals surface area contributed by atoms with Gasteiger partial charge in [-0.05, 0) is 71.8 Å². The van der Waals surface area contributed by atoms with Crippen molar-refractivity contribution >= 4 is 18.0 Å². The second-order valence-corrected chi connectivity index (χ2v) is 12.3. The van der Waals surface area contributed by atoms with E-state index >= 15 is 0 Å². The van der Waals surface area contributed by atoms with Crippen molar-refractivity contribution in [1.82, 2.24) is 4.90 Å². The molecule has 0 fully saturated rings. The summed E-state index contributed by atoms with van der Waals surface area (Å²) in [6, 6.07) is 9.65. The van der Waals surface area contributed by atoms with Crippen molar-refractivity contribution in [1.29, 1.82) is 0 Å². The molecular formula is C28H45NO7. The predicted molar refractivity (Wildman–Crippen MR) is 139 cm³/mol. The largest absolute Gasteiger partial charge is 0.481 e. The van der Waals surface area contributed by atoms with Crippen LogP contribution >= 0.6 is 0 Å². The van der Waals surface area contributed by atoms with E-state index in [0.717, 1.165) is 5.56 Å². The summed E-state index contributed by atoms with van der Waals surface area (Å²) in [4.78, 5) is 40.1. The van der Waals surface area contributed by atoms with E-state index in [1.807, 2.05) is 30.3 Å². The van der Waals surface area contributed by atoms with E-state index in [4.69, 9.17) is 9.47 Å². The number of rotatable bonds is 11. The quantitative estimate of drug-likeness (QED) is 0.354. The van der Waals surface area contributed by atoms with Crippen molar-refractivity contribution in [2.45, 2.75) is 105 Å². The van der Waals surface area contributed by atoms with Crippen molar-refractivity contribution in [2.75, 3.05) is 6.61 Å². The number of ether oxygens (including phenoxy) is 2. The van der Waals surface area contributed by atoms with Crippen LogP contribution < -0.4 is 0 Å². The molecule has 36 heavy (non-hydrogen) atoms. The van der Waals surface area contributed by atoms with Gasteiger partial charge < -0.3 is 19.7 Å². The molecule has 0 unspecified atom stereocenters. The third-order valence-corrected chi connectivity index (χ3v) is 6.07. The Bertz CT molecular complexity index is 878. The van der Waals surface area contributed by atoms with Gasteiger partial charge in [0.15, 0.2) is 0 Å². The molecule has 0 bridgehead atoms. The Labute approximate surface area is 216 Å². The summed E-state index contributed by atoms with van der Waals surface area (Å²) in [6.45, 7) is 16.2. The molecule has 0 radical (unpaired) electrons.